The molecule has 0 saturated heterocycles. The lowest BCUT2D eigenvalue weighted by molar-refractivity contribution is 0.320. The number of hydrogen-bond donors (Lipinski definition) is 0. The molecular formula is C10H28N2. The Balaban J connectivity index is -0.000000175. The summed E-state index contributed by atoms with van der Waals surface area (Å²) in [6.07, 6.45) is 0. The first-order valence-electron chi connectivity index (χ1n) is 4.92. The average molecular weight is 176 g/mol. The summed E-state index contributed by atoms with van der Waals surface area (Å²) in [7, 11) is 8.35. The first-order chi connectivity index (χ1) is 5.63. The van der Waals surface area contributed by atoms with Crippen LogP contribution >= 0.6 is 0 Å². The Morgan fingerprint density at radius 3 is 0.833 bits per heavy atom. The summed E-state index contributed by atoms with van der Waals surface area (Å²) in [5.74, 6) is 0. The summed E-state index contributed by atoms with van der Waals surface area (Å²) >= 11 is 0. The van der Waals surface area contributed by atoms with Crippen LogP contribution in [0.15, 0.2) is 0 Å². The lowest BCUT2D eigenvalue weighted by atomic mass is 10.5. The zero-order valence-electron chi connectivity index (χ0n) is 10.3. The van der Waals surface area contributed by atoms with Gasteiger partial charge in [0.15, 0.2) is 0 Å². The van der Waals surface area contributed by atoms with Crippen molar-refractivity contribution < 1.29 is 0 Å². The minimum absolute atomic E-state index is 1.15. The zero-order valence-corrected chi connectivity index (χ0v) is 10.3. The molecule has 0 radical (unpaired) electrons. The minimum Gasteiger partial charge on any atom is -0.308 e. The highest BCUT2D eigenvalue weighted by Crippen LogP contribution is 1.76. The lowest BCUT2D eigenvalue weighted by Gasteiger charge is -2.13. The summed E-state index contributed by atoms with van der Waals surface area (Å²) in [5.41, 5.74) is 0. The number of nitrogens with zero attached hydrogens (tertiary/aromatic N) is 2. The van der Waals surface area contributed by atoms with Crippen LogP contribution in [-0.2, 0) is 0 Å². The van der Waals surface area contributed by atoms with Gasteiger partial charge in [-0.1, -0.05) is 27.7 Å². The van der Waals surface area contributed by atoms with Gasteiger partial charge in [-0.25, -0.2) is 0 Å². The van der Waals surface area contributed by atoms with Gasteiger partial charge in [0.1, 0.15) is 0 Å². The quantitative estimate of drug-likeness (QED) is 0.650. The molecule has 0 atom stereocenters. The third-order valence-corrected chi connectivity index (χ3v) is 0.994. The van der Waals surface area contributed by atoms with E-state index in [1.54, 1.807) is 0 Å². The summed E-state index contributed by atoms with van der Waals surface area (Å²) < 4.78 is 0. The molecule has 0 aliphatic carbocycles. The normalized spacial score (nSPS) is 8.50. The van der Waals surface area contributed by atoms with Gasteiger partial charge in [0, 0.05) is 13.1 Å². The Hall–Kier alpha value is -0.0800. The minimum atomic E-state index is 1.15. The van der Waals surface area contributed by atoms with Crippen molar-refractivity contribution in [3.05, 3.63) is 0 Å². The van der Waals surface area contributed by atoms with Crippen LogP contribution in [0.4, 0.5) is 0 Å². The van der Waals surface area contributed by atoms with Crippen molar-refractivity contribution in [2.45, 2.75) is 27.7 Å². The maximum absolute atomic E-state index is 2.18. The number of likely N-dealkylation sites (N-methyl/N-ethyl adjacent to an activating group) is 2. The Morgan fingerprint density at radius 1 is 0.583 bits per heavy atom. The number of hydrogen-bond acceptors (Lipinski definition) is 2. The third-order valence-electron chi connectivity index (χ3n) is 0.994. The van der Waals surface area contributed by atoms with Crippen molar-refractivity contribution in [1.29, 1.82) is 0 Å². The van der Waals surface area contributed by atoms with Gasteiger partial charge < -0.3 is 9.80 Å². The molecule has 0 aliphatic heterocycles. The first-order valence-corrected chi connectivity index (χ1v) is 4.92. The molecule has 0 bridgehead atoms. The molecule has 0 aromatic heterocycles. The summed E-state index contributed by atoms with van der Waals surface area (Å²) in [5, 5.41) is 0. The molecule has 0 aliphatic rings. The van der Waals surface area contributed by atoms with Crippen LogP contribution in [0.2, 0.25) is 0 Å². The Morgan fingerprint density at radius 2 is 0.750 bits per heavy atom. The topological polar surface area (TPSA) is 6.48 Å². The average Bonchev–Trinajstić information content (AvgIpc) is 2.08. The molecule has 2 nitrogen and oxygen atoms in total. The van der Waals surface area contributed by atoms with Gasteiger partial charge in [0.25, 0.3) is 0 Å². The monoisotopic (exact) mass is 176 g/mol. The Kier molecular flexibility index (Phi) is 25.5. The van der Waals surface area contributed by atoms with E-state index in [1.165, 1.54) is 0 Å². The molecule has 0 rings (SSSR count). The summed E-state index contributed by atoms with van der Waals surface area (Å²) in [4.78, 5) is 4.36. The second kappa shape index (κ2) is 17.1. The Bertz CT molecular complexity index is 43.8. The molecule has 0 fully saturated rings. The van der Waals surface area contributed by atoms with E-state index < -0.39 is 0 Å². The standard InChI is InChI=1S/C6H16N2.2C2H6/c1-7(2)5-6-8(3)4;2*1-2/h5-6H2,1-4H3;2*1-2H3. The van der Waals surface area contributed by atoms with Gasteiger partial charge in [-0.2, -0.15) is 0 Å². The van der Waals surface area contributed by atoms with Gasteiger partial charge in [-0.15, -0.1) is 0 Å². The van der Waals surface area contributed by atoms with Crippen LogP contribution in [0.1, 0.15) is 27.7 Å². The van der Waals surface area contributed by atoms with E-state index in [0.29, 0.717) is 0 Å². The van der Waals surface area contributed by atoms with E-state index in [0.717, 1.165) is 13.1 Å². The Labute approximate surface area is 79.6 Å². The van der Waals surface area contributed by atoms with Crippen molar-refractivity contribution in [1.82, 2.24) is 9.80 Å². The maximum atomic E-state index is 2.18. The van der Waals surface area contributed by atoms with Crippen molar-refractivity contribution in [3.63, 3.8) is 0 Å². The highest BCUT2D eigenvalue weighted by atomic mass is 15.1. The predicted molar refractivity (Wildman–Crippen MR) is 59.8 cm³/mol. The van der Waals surface area contributed by atoms with Crippen LogP contribution in [0.25, 0.3) is 0 Å². The molecule has 0 aromatic rings. The van der Waals surface area contributed by atoms with Crippen LogP contribution in [-0.4, -0.2) is 51.1 Å². The fourth-order valence-electron chi connectivity index (χ4n) is 0.400. The van der Waals surface area contributed by atoms with Crippen molar-refractivity contribution >= 4 is 0 Å². The van der Waals surface area contributed by atoms with Gasteiger partial charge in [-0.05, 0) is 28.2 Å². The van der Waals surface area contributed by atoms with Crippen LogP contribution in [0, 0.1) is 0 Å². The lowest BCUT2D eigenvalue weighted by Crippen LogP contribution is -2.25. The van der Waals surface area contributed by atoms with E-state index in [1.807, 2.05) is 27.7 Å². The molecule has 0 spiro atoms. The van der Waals surface area contributed by atoms with Gasteiger partial charge in [0.05, 0.1) is 0 Å². The van der Waals surface area contributed by atoms with E-state index in [9.17, 15) is 0 Å². The predicted octanol–water partition coefficient (Wildman–Crippen LogP) is 2.16. The largest absolute Gasteiger partial charge is 0.308 e. The smallest absolute Gasteiger partial charge is 0.0103 e. The molecule has 0 saturated carbocycles. The number of rotatable bonds is 3. The van der Waals surface area contributed by atoms with Gasteiger partial charge in [0.2, 0.25) is 0 Å². The molecule has 78 valence electrons. The van der Waals surface area contributed by atoms with Crippen molar-refractivity contribution in [3.8, 4) is 0 Å². The van der Waals surface area contributed by atoms with E-state index in [4.69, 9.17) is 0 Å². The second-order valence-electron chi connectivity index (χ2n) is 2.61. The molecule has 0 heterocycles. The van der Waals surface area contributed by atoms with Gasteiger partial charge >= 0.3 is 0 Å². The maximum Gasteiger partial charge on any atom is 0.0103 e. The molecule has 2 heteroatoms. The zero-order chi connectivity index (χ0) is 10.6. The molecule has 0 amide bonds. The van der Waals surface area contributed by atoms with E-state index in [-0.39, 0.29) is 0 Å². The molecule has 12 heavy (non-hydrogen) atoms. The molecule has 0 aromatic carbocycles. The van der Waals surface area contributed by atoms with Crippen LogP contribution < -0.4 is 0 Å². The first kappa shape index (κ1) is 17.9. The van der Waals surface area contributed by atoms with Crippen molar-refractivity contribution in [2.75, 3.05) is 41.3 Å². The van der Waals surface area contributed by atoms with E-state index in [2.05, 4.69) is 38.0 Å². The van der Waals surface area contributed by atoms with Crippen molar-refractivity contribution in [2.24, 2.45) is 0 Å². The van der Waals surface area contributed by atoms with Crippen LogP contribution in [0.5, 0.6) is 0 Å². The summed E-state index contributed by atoms with van der Waals surface area (Å²) in [6.45, 7) is 10.3. The van der Waals surface area contributed by atoms with Gasteiger partial charge in [-0.3, -0.25) is 0 Å². The second-order valence-corrected chi connectivity index (χ2v) is 2.61. The SMILES string of the molecule is CC.CC.CN(C)CCN(C)C. The highest BCUT2D eigenvalue weighted by Gasteiger charge is 1.89. The van der Waals surface area contributed by atoms with Crippen LogP contribution in [0.3, 0.4) is 0 Å². The molecular weight excluding hydrogens is 148 g/mol. The fraction of sp³-hybridized carbons (Fsp3) is 1.00. The molecule has 0 unspecified atom stereocenters. The highest BCUT2D eigenvalue weighted by molar-refractivity contribution is 4.45. The summed E-state index contributed by atoms with van der Waals surface area (Å²) in [6, 6.07) is 0. The molecule has 0 N–H and O–H groups in total. The third kappa shape index (κ3) is 32.6. The van der Waals surface area contributed by atoms with E-state index >= 15 is 0 Å². The fourth-order valence-corrected chi connectivity index (χ4v) is 0.400.